The molecule has 0 aromatic heterocycles. The van der Waals surface area contributed by atoms with Crippen LogP contribution >= 0.6 is 0 Å². The highest BCUT2D eigenvalue weighted by Crippen LogP contribution is 2.31. The van der Waals surface area contributed by atoms with Gasteiger partial charge in [-0.1, -0.05) is 18.2 Å². The van der Waals surface area contributed by atoms with Gasteiger partial charge in [0.05, 0.1) is 0 Å². The predicted molar refractivity (Wildman–Crippen MR) is 87.6 cm³/mol. The molecular weight excluding hydrogens is 256 g/mol. The molecule has 0 spiro atoms. The van der Waals surface area contributed by atoms with Crippen molar-refractivity contribution in [3.05, 3.63) is 34.9 Å². The monoisotopic (exact) mass is 284 g/mol. The van der Waals surface area contributed by atoms with Crippen molar-refractivity contribution in [3.8, 4) is 0 Å². The van der Waals surface area contributed by atoms with Gasteiger partial charge >= 0.3 is 0 Å². The first kappa shape index (κ1) is 13.8. The van der Waals surface area contributed by atoms with Crippen molar-refractivity contribution in [1.29, 1.82) is 0 Å². The minimum Gasteiger partial charge on any atom is -0.306 e. The highest BCUT2D eigenvalue weighted by molar-refractivity contribution is 5.35. The number of nitrogens with zero attached hydrogens (tertiary/aromatic N) is 1. The van der Waals surface area contributed by atoms with Crippen molar-refractivity contribution in [1.82, 2.24) is 10.2 Å². The van der Waals surface area contributed by atoms with Gasteiger partial charge in [-0.05, 0) is 68.6 Å². The van der Waals surface area contributed by atoms with Crippen molar-refractivity contribution in [3.63, 3.8) is 0 Å². The molecule has 3 aliphatic rings. The highest BCUT2D eigenvalue weighted by Gasteiger charge is 2.34. The van der Waals surface area contributed by atoms with Crippen LogP contribution in [0.15, 0.2) is 18.2 Å². The van der Waals surface area contributed by atoms with Crippen molar-refractivity contribution >= 4 is 0 Å². The summed E-state index contributed by atoms with van der Waals surface area (Å²) in [6, 6.07) is 9.32. The molecule has 2 atom stereocenters. The fraction of sp³-hybridized carbons (Fsp3) is 0.684. The number of nitrogens with one attached hydrogen (secondary N) is 1. The average Bonchev–Trinajstić information content (AvgIpc) is 3.27. The van der Waals surface area contributed by atoms with Crippen LogP contribution < -0.4 is 5.32 Å². The SMILES string of the molecule is CC(NC1CCN(C2CC2)C1)c1ccc2c(c1)CCCC2. The van der Waals surface area contributed by atoms with Crippen LogP contribution in [-0.2, 0) is 12.8 Å². The van der Waals surface area contributed by atoms with Crippen molar-refractivity contribution < 1.29 is 0 Å². The maximum Gasteiger partial charge on any atom is 0.0294 e. The molecule has 0 radical (unpaired) electrons. The first-order valence-electron chi connectivity index (χ1n) is 8.91. The van der Waals surface area contributed by atoms with E-state index < -0.39 is 0 Å². The molecule has 0 bridgehead atoms. The smallest absolute Gasteiger partial charge is 0.0294 e. The molecule has 1 aliphatic heterocycles. The van der Waals surface area contributed by atoms with Gasteiger partial charge < -0.3 is 5.32 Å². The number of hydrogen-bond acceptors (Lipinski definition) is 2. The fourth-order valence-corrected chi connectivity index (χ4v) is 4.17. The Labute approximate surface area is 128 Å². The molecule has 1 saturated heterocycles. The van der Waals surface area contributed by atoms with Gasteiger partial charge in [-0.3, -0.25) is 4.90 Å². The normalized spacial score (nSPS) is 27.6. The van der Waals surface area contributed by atoms with Crippen LogP contribution in [0.5, 0.6) is 0 Å². The molecule has 1 aromatic carbocycles. The van der Waals surface area contributed by atoms with Crippen molar-refractivity contribution in [2.75, 3.05) is 13.1 Å². The number of benzene rings is 1. The molecule has 21 heavy (non-hydrogen) atoms. The second-order valence-electron chi connectivity index (χ2n) is 7.34. The molecule has 1 saturated carbocycles. The zero-order valence-corrected chi connectivity index (χ0v) is 13.3. The zero-order chi connectivity index (χ0) is 14.2. The Kier molecular flexibility index (Phi) is 3.76. The zero-order valence-electron chi connectivity index (χ0n) is 13.3. The largest absolute Gasteiger partial charge is 0.306 e. The van der Waals surface area contributed by atoms with Crippen LogP contribution in [0.3, 0.4) is 0 Å². The molecule has 2 unspecified atom stereocenters. The van der Waals surface area contributed by atoms with Gasteiger partial charge in [-0.2, -0.15) is 0 Å². The molecule has 114 valence electrons. The fourth-order valence-electron chi connectivity index (χ4n) is 4.17. The van der Waals surface area contributed by atoms with Crippen LogP contribution in [0.25, 0.3) is 0 Å². The standard InChI is InChI=1S/C19H28N2/c1-14(20-18-10-11-21(13-18)19-8-9-19)16-7-6-15-4-2-3-5-17(15)12-16/h6-7,12,14,18-20H,2-5,8-11,13H2,1H3. The minimum atomic E-state index is 0.487. The van der Waals surface area contributed by atoms with E-state index in [0.717, 1.165) is 6.04 Å². The van der Waals surface area contributed by atoms with Gasteiger partial charge in [0.25, 0.3) is 0 Å². The summed E-state index contributed by atoms with van der Waals surface area (Å²) in [4.78, 5) is 2.69. The van der Waals surface area contributed by atoms with Gasteiger partial charge in [0.1, 0.15) is 0 Å². The first-order valence-corrected chi connectivity index (χ1v) is 8.91. The van der Waals surface area contributed by atoms with Gasteiger partial charge in [-0.15, -0.1) is 0 Å². The molecule has 1 N–H and O–H groups in total. The summed E-state index contributed by atoms with van der Waals surface area (Å²) in [7, 11) is 0. The second kappa shape index (κ2) is 5.73. The van der Waals surface area contributed by atoms with Crippen LogP contribution in [0.1, 0.15) is 61.8 Å². The van der Waals surface area contributed by atoms with Crippen LogP contribution in [0.2, 0.25) is 0 Å². The van der Waals surface area contributed by atoms with E-state index in [1.165, 1.54) is 63.6 Å². The number of hydrogen-bond donors (Lipinski definition) is 1. The topological polar surface area (TPSA) is 15.3 Å². The van der Waals surface area contributed by atoms with E-state index in [4.69, 9.17) is 0 Å². The summed E-state index contributed by atoms with van der Waals surface area (Å²) < 4.78 is 0. The second-order valence-corrected chi connectivity index (χ2v) is 7.34. The average molecular weight is 284 g/mol. The minimum absolute atomic E-state index is 0.487. The van der Waals surface area contributed by atoms with E-state index in [1.54, 1.807) is 11.1 Å². The lowest BCUT2D eigenvalue weighted by Gasteiger charge is -2.23. The predicted octanol–water partition coefficient (Wildman–Crippen LogP) is 3.45. The van der Waals surface area contributed by atoms with Crippen LogP contribution in [0.4, 0.5) is 0 Å². The molecule has 2 nitrogen and oxygen atoms in total. The lowest BCUT2D eigenvalue weighted by molar-refractivity contribution is 0.313. The maximum absolute atomic E-state index is 3.87. The lowest BCUT2D eigenvalue weighted by Crippen LogP contribution is -2.35. The quantitative estimate of drug-likeness (QED) is 0.911. The Morgan fingerprint density at radius 3 is 2.71 bits per heavy atom. The van der Waals surface area contributed by atoms with E-state index in [2.05, 4.69) is 35.3 Å². The summed E-state index contributed by atoms with van der Waals surface area (Å²) in [5, 5.41) is 3.87. The summed E-state index contributed by atoms with van der Waals surface area (Å²) >= 11 is 0. The number of aryl methyl sites for hydroxylation is 2. The molecule has 1 heterocycles. The Morgan fingerprint density at radius 2 is 1.90 bits per heavy atom. The number of fused-ring (bicyclic) bond motifs is 1. The van der Waals surface area contributed by atoms with E-state index >= 15 is 0 Å². The number of rotatable bonds is 4. The number of likely N-dealkylation sites (tertiary alicyclic amines) is 1. The third-order valence-corrected chi connectivity index (χ3v) is 5.64. The lowest BCUT2D eigenvalue weighted by atomic mass is 9.89. The first-order chi connectivity index (χ1) is 10.3. The van der Waals surface area contributed by atoms with E-state index in [1.807, 2.05) is 0 Å². The molecule has 2 fully saturated rings. The maximum atomic E-state index is 3.87. The molecule has 4 rings (SSSR count). The van der Waals surface area contributed by atoms with Gasteiger partial charge in [0, 0.05) is 31.2 Å². The summed E-state index contributed by atoms with van der Waals surface area (Å²) in [6.07, 6.45) is 9.52. The molecular formula is C19H28N2. The van der Waals surface area contributed by atoms with E-state index in [9.17, 15) is 0 Å². The molecule has 0 amide bonds. The Hall–Kier alpha value is -0.860. The third kappa shape index (κ3) is 3.02. The Morgan fingerprint density at radius 1 is 1.10 bits per heavy atom. The van der Waals surface area contributed by atoms with Crippen molar-refractivity contribution in [2.45, 2.75) is 70.0 Å². The third-order valence-electron chi connectivity index (χ3n) is 5.64. The Balaban J connectivity index is 1.39. The van der Waals surface area contributed by atoms with E-state index in [0.29, 0.717) is 12.1 Å². The molecule has 2 heteroatoms. The van der Waals surface area contributed by atoms with Gasteiger partial charge in [0.2, 0.25) is 0 Å². The summed E-state index contributed by atoms with van der Waals surface area (Å²) in [5.41, 5.74) is 4.69. The van der Waals surface area contributed by atoms with Crippen LogP contribution in [-0.4, -0.2) is 30.1 Å². The van der Waals surface area contributed by atoms with Crippen LogP contribution in [0, 0.1) is 0 Å². The molecule has 2 aliphatic carbocycles. The van der Waals surface area contributed by atoms with Crippen molar-refractivity contribution in [2.24, 2.45) is 0 Å². The summed E-state index contributed by atoms with van der Waals surface area (Å²) in [5.74, 6) is 0. The van der Waals surface area contributed by atoms with Gasteiger partial charge in [-0.25, -0.2) is 0 Å². The van der Waals surface area contributed by atoms with Gasteiger partial charge in [0.15, 0.2) is 0 Å². The van der Waals surface area contributed by atoms with E-state index in [-0.39, 0.29) is 0 Å². The summed E-state index contributed by atoms with van der Waals surface area (Å²) in [6.45, 7) is 4.91. The molecule has 1 aromatic rings. The Bertz CT molecular complexity index is 506. The highest BCUT2D eigenvalue weighted by atomic mass is 15.2.